The third kappa shape index (κ3) is 3.23. The highest BCUT2D eigenvalue weighted by Gasteiger charge is 2.17. The van der Waals surface area contributed by atoms with Crippen molar-refractivity contribution in [2.45, 2.75) is 13.0 Å². The maximum atomic E-state index is 11.6. The SMILES string of the molecule is CCOC(=O)C(C=NO)NNc1ccc2[nH]ncc2c1. The van der Waals surface area contributed by atoms with Gasteiger partial charge >= 0.3 is 5.97 Å². The number of rotatable bonds is 6. The van der Waals surface area contributed by atoms with Crippen molar-refractivity contribution >= 4 is 28.8 Å². The smallest absolute Gasteiger partial charge is 0.330 e. The van der Waals surface area contributed by atoms with Crippen LogP contribution in [0.25, 0.3) is 10.9 Å². The van der Waals surface area contributed by atoms with E-state index in [9.17, 15) is 4.79 Å². The van der Waals surface area contributed by atoms with Gasteiger partial charge in [0.1, 0.15) is 0 Å². The zero-order valence-electron chi connectivity index (χ0n) is 10.8. The number of fused-ring (bicyclic) bond motifs is 1. The van der Waals surface area contributed by atoms with E-state index >= 15 is 0 Å². The number of anilines is 1. The number of ether oxygens (including phenoxy) is 1. The van der Waals surface area contributed by atoms with Gasteiger partial charge in [0, 0.05) is 11.1 Å². The number of aromatic nitrogens is 2. The second-order valence-electron chi connectivity index (χ2n) is 3.94. The molecule has 2 aromatic rings. The van der Waals surface area contributed by atoms with Crippen LogP contribution in [0.2, 0.25) is 0 Å². The highest BCUT2D eigenvalue weighted by atomic mass is 16.5. The van der Waals surface area contributed by atoms with Gasteiger partial charge < -0.3 is 15.4 Å². The molecule has 1 aromatic heterocycles. The molecule has 1 aromatic carbocycles. The minimum absolute atomic E-state index is 0.247. The van der Waals surface area contributed by atoms with Gasteiger partial charge in [0.15, 0.2) is 6.04 Å². The maximum Gasteiger partial charge on any atom is 0.330 e. The van der Waals surface area contributed by atoms with Gasteiger partial charge in [-0.15, -0.1) is 0 Å². The summed E-state index contributed by atoms with van der Waals surface area (Å²) in [7, 11) is 0. The molecule has 0 bridgehead atoms. The van der Waals surface area contributed by atoms with Crippen LogP contribution < -0.4 is 10.9 Å². The zero-order valence-corrected chi connectivity index (χ0v) is 10.8. The first-order valence-corrected chi connectivity index (χ1v) is 6.03. The summed E-state index contributed by atoms with van der Waals surface area (Å²) >= 11 is 0. The molecule has 8 heteroatoms. The number of aromatic amines is 1. The molecule has 0 aliphatic heterocycles. The lowest BCUT2D eigenvalue weighted by atomic mass is 10.2. The summed E-state index contributed by atoms with van der Waals surface area (Å²) in [6.45, 7) is 1.95. The maximum absolute atomic E-state index is 11.6. The van der Waals surface area contributed by atoms with Crippen molar-refractivity contribution < 1.29 is 14.7 Å². The lowest BCUT2D eigenvalue weighted by Crippen LogP contribution is -2.42. The van der Waals surface area contributed by atoms with Crippen LogP contribution in [0.4, 0.5) is 5.69 Å². The number of carbonyl (C=O) groups is 1. The van der Waals surface area contributed by atoms with Gasteiger partial charge in [0.25, 0.3) is 0 Å². The lowest BCUT2D eigenvalue weighted by Gasteiger charge is -2.14. The molecule has 0 fully saturated rings. The molecule has 4 N–H and O–H groups in total. The van der Waals surface area contributed by atoms with Crippen LogP contribution in [-0.2, 0) is 9.53 Å². The third-order valence-electron chi connectivity index (χ3n) is 2.57. The van der Waals surface area contributed by atoms with Gasteiger partial charge in [-0.1, -0.05) is 5.16 Å². The largest absolute Gasteiger partial charge is 0.464 e. The molecule has 0 saturated heterocycles. The van der Waals surface area contributed by atoms with Crippen molar-refractivity contribution in [2.75, 3.05) is 12.0 Å². The predicted octanol–water partition coefficient (Wildman–Crippen LogP) is 0.871. The van der Waals surface area contributed by atoms with E-state index in [4.69, 9.17) is 9.94 Å². The normalized spacial score (nSPS) is 12.7. The van der Waals surface area contributed by atoms with Gasteiger partial charge in [0.05, 0.1) is 24.5 Å². The van der Waals surface area contributed by atoms with Crippen LogP contribution in [0, 0.1) is 0 Å². The van der Waals surface area contributed by atoms with Crippen molar-refractivity contribution in [3.63, 3.8) is 0 Å². The second-order valence-corrected chi connectivity index (χ2v) is 3.94. The first-order valence-electron chi connectivity index (χ1n) is 6.03. The van der Waals surface area contributed by atoms with E-state index in [1.54, 1.807) is 13.1 Å². The average Bonchev–Trinajstić information content (AvgIpc) is 2.91. The van der Waals surface area contributed by atoms with Crippen LogP contribution in [0.5, 0.6) is 0 Å². The second kappa shape index (κ2) is 6.53. The van der Waals surface area contributed by atoms with E-state index in [1.165, 1.54) is 0 Å². The molecule has 0 aliphatic carbocycles. The van der Waals surface area contributed by atoms with Crippen molar-refractivity contribution in [1.29, 1.82) is 0 Å². The predicted molar refractivity (Wildman–Crippen MR) is 73.6 cm³/mol. The minimum atomic E-state index is -0.889. The Morgan fingerprint density at radius 3 is 3.25 bits per heavy atom. The number of hydrogen-bond acceptors (Lipinski definition) is 7. The van der Waals surface area contributed by atoms with Gasteiger partial charge in [-0.05, 0) is 25.1 Å². The topological polar surface area (TPSA) is 112 Å². The Bertz CT molecular complexity index is 610. The number of H-pyrrole nitrogens is 1. The number of nitrogens with one attached hydrogen (secondary N) is 3. The molecule has 0 saturated carbocycles. The van der Waals surface area contributed by atoms with E-state index in [2.05, 4.69) is 26.2 Å². The first-order chi connectivity index (χ1) is 9.74. The van der Waals surface area contributed by atoms with E-state index in [-0.39, 0.29) is 6.61 Å². The summed E-state index contributed by atoms with van der Waals surface area (Å²) in [5.41, 5.74) is 7.22. The zero-order chi connectivity index (χ0) is 14.4. The number of esters is 1. The quantitative estimate of drug-likeness (QED) is 0.270. The molecule has 0 radical (unpaired) electrons. The van der Waals surface area contributed by atoms with Crippen molar-refractivity contribution in [2.24, 2.45) is 5.16 Å². The standard InChI is InChI=1S/C12H15N5O3/c1-2-20-12(18)11(7-14-19)17-15-9-3-4-10-8(5-9)6-13-16-10/h3-7,11,15,17,19H,2H2,1H3,(H,13,16). The third-order valence-corrected chi connectivity index (χ3v) is 2.57. The fourth-order valence-electron chi connectivity index (χ4n) is 1.64. The number of hydrazine groups is 1. The molecule has 20 heavy (non-hydrogen) atoms. The number of carbonyl (C=O) groups excluding carboxylic acids is 1. The van der Waals surface area contributed by atoms with Crippen LogP contribution >= 0.6 is 0 Å². The van der Waals surface area contributed by atoms with Crippen LogP contribution in [-0.4, -0.2) is 40.2 Å². The molecule has 0 aliphatic rings. The van der Waals surface area contributed by atoms with Gasteiger partial charge in [0.2, 0.25) is 0 Å². The molecule has 2 rings (SSSR count). The summed E-state index contributed by atoms with van der Waals surface area (Å²) in [6, 6.07) is 4.63. The molecule has 0 spiro atoms. The van der Waals surface area contributed by atoms with Crippen LogP contribution in [0.3, 0.4) is 0 Å². The van der Waals surface area contributed by atoms with E-state index in [1.807, 2.05) is 18.2 Å². The minimum Gasteiger partial charge on any atom is -0.464 e. The molecule has 0 amide bonds. The molecule has 1 heterocycles. The Labute approximate surface area is 114 Å². The monoisotopic (exact) mass is 277 g/mol. The van der Waals surface area contributed by atoms with Gasteiger partial charge in [-0.25, -0.2) is 10.2 Å². The number of hydrogen-bond donors (Lipinski definition) is 4. The average molecular weight is 277 g/mol. The summed E-state index contributed by atoms with van der Waals surface area (Å²) < 4.78 is 4.84. The summed E-state index contributed by atoms with van der Waals surface area (Å²) in [6.07, 6.45) is 2.74. The summed E-state index contributed by atoms with van der Waals surface area (Å²) in [5.74, 6) is -0.540. The molecule has 106 valence electrons. The first kappa shape index (κ1) is 13.8. The lowest BCUT2D eigenvalue weighted by molar-refractivity contribution is -0.143. The van der Waals surface area contributed by atoms with Crippen molar-refractivity contribution in [3.05, 3.63) is 24.4 Å². The number of nitrogens with zero attached hydrogens (tertiary/aromatic N) is 2. The fourth-order valence-corrected chi connectivity index (χ4v) is 1.64. The molecule has 1 atom stereocenters. The van der Waals surface area contributed by atoms with Crippen molar-refractivity contribution in [3.8, 4) is 0 Å². The molecular weight excluding hydrogens is 262 g/mol. The van der Waals surface area contributed by atoms with Crippen molar-refractivity contribution in [1.82, 2.24) is 15.6 Å². The van der Waals surface area contributed by atoms with E-state index in [0.717, 1.165) is 22.8 Å². The Morgan fingerprint density at radius 2 is 2.50 bits per heavy atom. The molecule has 1 unspecified atom stereocenters. The summed E-state index contributed by atoms with van der Waals surface area (Å²) in [5, 5.41) is 19.1. The Morgan fingerprint density at radius 1 is 1.65 bits per heavy atom. The highest BCUT2D eigenvalue weighted by molar-refractivity contribution is 5.94. The summed E-state index contributed by atoms with van der Waals surface area (Å²) in [4.78, 5) is 11.6. The number of oxime groups is 1. The highest BCUT2D eigenvalue weighted by Crippen LogP contribution is 2.15. The Kier molecular flexibility index (Phi) is 4.51. The Hall–Kier alpha value is -2.61. The van der Waals surface area contributed by atoms with E-state index in [0.29, 0.717) is 0 Å². The fraction of sp³-hybridized carbons (Fsp3) is 0.250. The van der Waals surface area contributed by atoms with Crippen LogP contribution in [0.1, 0.15) is 6.92 Å². The Balaban J connectivity index is 2.02. The van der Waals surface area contributed by atoms with Gasteiger partial charge in [-0.2, -0.15) is 5.10 Å². The molecule has 8 nitrogen and oxygen atoms in total. The van der Waals surface area contributed by atoms with Gasteiger partial charge in [-0.3, -0.25) is 5.10 Å². The number of benzene rings is 1. The molecular formula is C12H15N5O3. The van der Waals surface area contributed by atoms with E-state index < -0.39 is 12.0 Å². The van der Waals surface area contributed by atoms with Crippen LogP contribution in [0.15, 0.2) is 29.6 Å².